The van der Waals surface area contributed by atoms with Crippen molar-refractivity contribution in [2.24, 2.45) is 7.05 Å². The standard InChI is InChI=1S/C17H13N7/c1-11-4-3-5-15(20-11)17-13(10-23(2)22-17)14-6-7-16-19-9-12(8-18)24(16)21-14/h3-7,9-10H,1-2H3. The molecule has 4 aromatic heterocycles. The van der Waals surface area contributed by atoms with Crippen LogP contribution in [0.25, 0.3) is 28.3 Å². The first-order chi connectivity index (χ1) is 11.7. The summed E-state index contributed by atoms with van der Waals surface area (Å²) in [6, 6.07) is 11.6. The highest BCUT2D eigenvalue weighted by atomic mass is 15.3. The van der Waals surface area contributed by atoms with E-state index in [2.05, 4.69) is 26.2 Å². The molecule has 4 rings (SSSR count). The van der Waals surface area contributed by atoms with E-state index >= 15 is 0 Å². The van der Waals surface area contributed by atoms with Gasteiger partial charge in [-0.05, 0) is 31.2 Å². The molecule has 0 amide bonds. The van der Waals surface area contributed by atoms with Gasteiger partial charge in [0.15, 0.2) is 11.3 Å². The average Bonchev–Trinajstić information content (AvgIpc) is 3.17. The predicted molar refractivity (Wildman–Crippen MR) is 87.9 cm³/mol. The molecule has 116 valence electrons. The number of nitriles is 1. The molecule has 7 heteroatoms. The average molecular weight is 315 g/mol. The Morgan fingerprint density at radius 2 is 1.96 bits per heavy atom. The topological polar surface area (TPSA) is 84.7 Å². The van der Waals surface area contributed by atoms with Crippen molar-refractivity contribution in [2.45, 2.75) is 6.92 Å². The highest BCUT2D eigenvalue weighted by molar-refractivity contribution is 5.77. The fourth-order valence-corrected chi connectivity index (χ4v) is 2.63. The highest BCUT2D eigenvalue weighted by Crippen LogP contribution is 2.28. The molecule has 0 saturated heterocycles. The molecule has 24 heavy (non-hydrogen) atoms. The normalized spacial score (nSPS) is 10.9. The summed E-state index contributed by atoms with van der Waals surface area (Å²) in [6.45, 7) is 1.95. The molecule has 0 spiro atoms. The van der Waals surface area contributed by atoms with Crippen LogP contribution in [0.3, 0.4) is 0 Å². The zero-order valence-corrected chi connectivity index (χ0v) is 13.2. The van der Waals surface area contributed by atoms with E-state index in [1.165, 1.54) is 10.7 Å². The number of hydrogen-bond acceptors (Lipinski definition) is 5. The zero-order valence-electron chi connectivity index (χ0n) is 13.2. The first-order valence-electron chi connectivity index (χ1n) is 7.38. The maximum absolute atomic E-state index is 9.18. The van der Waals surface area contributed by atoms with Gasteiger partial charge in [-0.15, -0.1) is 0 Å². The molecule has 0 fully saturated rings. The molecule has 0 aliphatic rings. The van der Waals surface area contributed by atoms with Crippen LogP contribution in [0, 0.1) is 18.3 Å². The second-order valence-electron chi connectivity index (χ2n) is 5.47. The number of nitrogens with zero attached hydrogens (tertiary/aromatic N) is 7. The van der Waals surface area contributed by atoms with Gasteiger partial charge < -0.3 is 0 Å². The van der Waals surface area contributed by atoms with Crippen LogP contribution in [-0.4, -0.2) is 29.4 Å². The molecule has 4 heterocycles. The number of rotatable bonds is 2. The van der Waals surface area contributed by atoms with Crippen molar-refractivity contribution in [2.75, 3.05) is 0 Å². The number of aryl methyl sites for hydroxylation is 2. The number of imidazole rings is 1. The lowest BCUT2D eigenvalue weighted by Crippen LogP contribution is -1.97. The summed E-state index contributed by atoms with van der Waals surface area (Å²) in [5.74, 6) is 0. The second-order valence-corrected chi connectivity index (χ2v) is 5.47. The summed E-state index contributed by atoms with van der Waals surface area (Å²) in [6.07, 6.45) is 3.41. The maximum atomic E-state index is 9.18. The number of fused-ring (bicyclic) bond motifs is 1. The largest absolute Gasteiger partial charge is 0.274 e. The van der Waals surface area contributed by atoms with Crippen molar-refractivity contribution < 1.29 is 0 Å². The van der Waals surface area contributed by atoms with E-state index < -0.39 is 0 Å². The van der Waals surface area contributed by atoms with Crippen molar-refractivity contribution in [1.29, 1.82) is 5.26 Å². The van der Waals surface area contributed by atoms with E-state index in [1.54, 1.807) is 4.68 Å². The lowest BCUT2D eigenvalue weighted by Gasteiger charge is -2.03. The van der Waals surface area contributed by atoms with Gasteiger partial charge in [0, 0.05) is 24.5 Å². The van der Waals surface area contributed by atoms with Gasteiger partial charge in [0.05, 0.1) is 17.6 Å². The van der Waals surface area contributed by atoms with E-state index in [0.29, 0.717) is 17.0 Å². The molecule has 0 aliphatic carbocycles. The maximum Gasteiger partial charge on any atom is 0.162 e. The van der Waals surface area contributed by atoms with Gasteiger partial charge in [0.1, 0.15) is 11.8 Å². The lowest BCUT2D eigenvalue weighted by molar-refractivity contribution is 0.770. The highest BCUT2D eigenvalue weighted by Gasteiger charge is 2.16. The molecule has 0 atom stereocenters. The Labute approximate surface area is 137 Å². The Bertz CT molecular complexity index is 1100. The molecule has 0 aliphatic heterocycles. The van der Waals surface area contributed by atoms with Crippen LogP contribution >= 0.6 is 0 Å². The van der Waals surface area contributed by atoms with Gasteiger partial charge in [0.25, 0.3) is 0 Å². The monoisotopic (exact) mass is 315 g/mol. The summed E-state index contributed by atoms with van der Waals surface area (Å²) in [7, 11) is 1.86. The van der Waals surface area contributed by atoms with Crippen molar-refractivity contribution >= 4 is 5.65 Å². The SMILES string of the molecule is Cc1cccc(-c2nn(C)cc2-c2ccc3ncc(C#N)n3n2)n1. The van der Waals surface area contributed by atoms with Gasteiger partial charge in [-0.1, -0.05) is 6.07 Å². The molecule has 0 N–H and O–H groups in total. The van der Waals surface area contributed by atoms with Gasteiger partial charge in [0.2, 0.25) is 0 Å². The third-order valence-electron chi connectivity index (χ3n) is 3.71. The fourth-order valence-electron chi connectivity index (χ4n) is 2.63. The van der Waals surface area contributed by atoms with Gasteiger partial charge >= 0.3 is 0 Å². The van der Waals surface area contributed by atoms with Crippen LogP contribution in [0.5, 0.6) is 0 Å². The number of hydrogen-bond donors (Lipinski definition) is 0. The lowest BCUT2D eigenvalue weighted by atomic mass is 10.1. The summed E-state index contributed by atoms with van der Waals surface area (Å²) >= 11 is 0. The van der Waals surface area contributed by atoms with E-state index in [9.17, 15) is 5.26 Å². The van der Waals surface area contributed by atoms with Crippen LogP contribution in [-0.2, 0) is 7.05 Å². The zero-order chi connectivity index (χ0) is 16.7. The Morgan fingerprint density at radius 3 is 2.75 bits per heavy atom. The third kappa shape index (κ3) is 2.21. The van der Waals surface area contributed by atoms with Crippen molar-refractivity contribution in [1.82, 2.24) is 29.4 Å². The summed E-state index contributed by atoms with van der Waals surface area (Å²) < 4.78 is 3.27. The van der Waals surface area contributed by atoms with E-state index in [-0.39, 0.29) is 0 Å². The molecular formula is C17H13N7. The summed E-state index contributed by atoms with van der Waals surface area (Å²) in [5.41, 5.74) is 5.07. The first kappa shape index (κ1) is 14.1. The third-order valence-corrected chi connectivity index (χ3v) is 3.71. The smallest absolute Gasteiger partial charge is 0.162 e. The Hall–Kier alpha value is -3.53. The van der Waals surface area contributed by atoms with E-state index in [1.807, 2.05) is 50.5 Å². The van der Waals surface area contributed by atoms with Crippen LogP contribution in [0.15, 0.2) is 42.7 Å². The Morgan fingerprint density at radius 1 is 1.08 bits per heavy atom. The molecule has 0 saturated carbocycles. The van der Waals surface area contributed by atoms with Crippen molar-refractivity contribution in [3.63, 3.8) is 0 Å². The molecule has 0 radical (unpaired) electrons. The summed E-state index contributed by atoms with van der Waals surface area (Å²) in [5, 5.41) is 18.3. The Balaban J connectivity index is 1.93. The quantitative estimate of drug-likeness (QED) is 0.567. The Kier molecular flexibility index (Phi) is 3.10. The molecule has 7 nitrogen and oxygen atoms in total. The van der Waals surface area contributed by atoms with E-state index in [4.69, 9.17) is 0 Å². The number of pyridine rings is 1. The molecule has 0 unspecified atom stereocenters. The van der Waals surface area contributed by atoms with Gasteiger partial charge in [-0.3, -0.25) is 9.67 Å². The van der Waals surface area contributed by atoms with Gasteiger partial charge in [-0.2, -0.15) is 15.5 Å². The van der Waals surface area contributed by atoms with Crippen molar-refractivity contribution in [3.8, 4) is 28.7 Å². The van der Waals surface area contributed by atoms with E-state index in [0.717, 1.165) is 22.6 Å². The minimum Gasteiger partial charge on any atom is -0.274 e. The summed E-state index contributed by atoms with van der Waals surface area (Å²) in [4.78, 5) is 8.72. The number of aromatic nitrogens is 6. The van der Waals surface area contributed by atoms with Gasteiger partial charge in [-0.25, -0.2) is 9.50 Å². The van der Waals surface area contributed by atoms with Crippen LogP contribution < -0.4 is 0 Å². The molecular weight excluding hydrogens is 302 g/mol. The van der Waals surface area contributed by atoms with Crippen LogP contribution in [0.2, 0.25) is 0 Å². The minimum atomic E-state index is 0.394. The van der Waals surface area contributed by atoms with Crippen LogP contribution in [0.1, 0.15) is 11.4 Å². The molecule has 4 aromatic rings. The van der Waals surface area contributed by atoms with Crippen LogP contribution in [0.4, 0.5) is 0 Å². The second kappa shape index (κ2) is 5.28. The first-order valence-corrected chi connectivity index (χ1v) is 7.38. The molecule has 0 bridgehead atoms. The minimum absolute atomic E-state index is 0.394. The predicted octanol–water partition coefficient (Wildman–Crippen LogP) is 2.37. The molecule has 0 aromatic carbocycles. The fraction of sp³-hybridized carbons (Fsp3) is 0.118. The van der Waals surface area contributed by atoms with Crippen molar-refractivity contribution in [3.05, 3.63) is 54.1 Å².